The average molecular weight is 297 g/mol. The van der Waals surface area contributed by atoms with Crippen LogP contribution in [0.5, 0.6) is 0 Å². The number of nitrogens with two attached hydrogens (primary N) is 1. The lowest BCUT2D eigenvalue weighted by Gasteiger charge is -2.07. The fourth-order valence-electron chi connectivity index (χ4n) is 1.37. The molecule has 19 heavy (non-hydrogen) atoms. The third-order valence-electron chi connectivity index (χ3n) is 2.28. The average Bonchev–Trinajstić information content (AvgIpc) is 2.68. The molecule has 0 spiro atoms. The fourth-order valence-corrected chi connectivity index (χ4v) is 2.10. The van der Waals surface area contributed by atoms with Crippen molar-refractivity contribution in [2.75, 3.05) is 24.7 Å². The number of nitrogen functional groups attached to an aromatic ring is 1. The number of unbranched alkanes of at least 4 members (excludes halogenated alkanes) is 1. The van der Waals surface area contributed by atoms with Gasteiger partial charge in [0.2, 0.25) is 0 Å². The van der Waals surface area contributed by atoms with Crippen LogP contribution in [0.25, 0.3) is 0 Å². The zero-order chi connectivity index (χ0) is 14.5. The molecule has 0 aliphatic rings. The van der Waals surface area contributed by atoms with Gasteiger partial charge < -0.3 is 15.8 Å². The van der Waals surface area contributed by atoms with Crippen LogP contribution >= 0.6 is 11.5 Å². The van der Waals surface area contributed by atoms with E-state index in [1.165, 1.54) is 7.11 Å². The molecule has 1 aromatic heterocycles. The number of alkyl halides is 3. The zero-order valence-electron chi connectivity index (χ0n) is 10.2. The summed E-state index contributed by atoms with van der Waals surface area (Å²) < 4.78 is 44.1. The molecule has 0 unspecified atom stereocenters. The molecule has 9 heteroatoms. The number of nitrogens with one attached hydrogen (secondary N) is 1. The summed E-state index contributed by atoms with van der Waals surface area (Å²) in [4.78, 5) is 11.4. The lowest BCUT2D eigenvalue weighted by molar-refractivity contribution is -0.135. The second-order valence-corrected chi connectivity index (χ2v) is 4.54. The molecule has 5 nitrogen and oxygen atoms in total. The van der Waals surface area contributed by atoms with E-state index in [9.17, 15) is 18.0 Å². The SMILES string of the molecule is COC(=O)c1c(N)nsc1NCCCCC(F)(F)F. The molecule has 0 bridgehead atoms. The van der Waals surface area contributed by atoms with Crippen LogP contribution in [-0.2, 0) is 4.74 Å². The predicted octanol–water partition coefficient (Wildman–Crippen LogP) is 2.66. The third kappa shape index (κ3) is 4.93. The Labute approximate surface area is 112 Å². The molecule has 0 atom stereocenters. The summed E-state index contributed by atoms with van der Waals surface area (Å²) in [5.41, 5.74) is 5.64. The molecular weight excluding hydrogens is 283 g/mol. The van der Waals surface area contributed by atoms with Gasteiger partial charge in [-0.1, -0.05) is 0 Å². The number of hydrogen-bond donors (Lipinski definition) is 2. The zero-order valence-corrected chi connectivity index (χ0v) is 11.0. The van der Waals surface area contributed by atoms with Crippen LogP contribution in [0.2, 0.25) is 0 Å². The van der Waals surface area contributed by atoms with Gasteiger partial charge in [0.1, 0.15) is 10.6 Å². The van der Waals surface area contributed by atoms with Crippen LogP contribution in [0.4, 0.5) is 24.0 Å². The Kier molecular flexibility index (Phi) is 5.40. The van der Waals surface area contributed by atoms with E-state index in [-0.39, 0.29) is 17.8 Å². The Morgan fingerprint density at radius 2 is 2.16 bits per heavy atom. The van der Waals surface area contributed by atoms with Gasteiger partial charge in [0.25, 0.3) is 0 Å². The quantitative estimate of drug-likeness (QED) is 0.623. The topological polar surface area (TPSA) is 77.2 Å². The van der Waals surface area contributed by atoms with Crippen LogP contribution in [0.15, 0.2) is 0 Å². The number of carbonyl (C=O) groups is 1. The van der Waals surface area contributed by atoms with Crippen LogP contribution in [-0.4, -0.2) is 30.2 Å². The minimum atomic E-state index is -4.13. The standard InChI is InChI=1S/C10H14F3N3O2S/c1-18-9(17)6-7(14)16-19-8(6)15-5-3-2-4-10(11,12)13/h15H,2-5H2,1H3,(H2,14,16). The lowest BCUT2D eigenvalue weighted by Crippen LogP contribution is -2.10. The molecule has 0 aliphatic carbocycles. The highest BCUT2D eigenvalue weighted by Gasteiger charge is 2.26. The predicted molar refractivity (Wildman–Crippen MR) is 66.3 cm³/mol. The van der Waals surface area contributed by atoms with Crippen molar-refractivity contribution >= 4 is 28.3 Å². The Balaban J connectivity index is 2.44. The summed E-state index contributed by atoms with van der Waals surface area (Å²) in [5, 5.41) is 3.26. The van der Waals surface area contributed by atoms with Gasteiger partial charge in [0.15, 0.2) is 5.82 Å². The molecule has 3 N–H and O–H groups in total. The second kappa shape index (κ2) is 6.60. The number of nitrogens with zero attached hydrogens (tertiary/aromatic N) is 1. The first kappa shape index (κ1) is 15.5. The molecule has 0 amide bonds. The van der Waals surface area contributed by atoms with Gasteiger partial charge in [0, 0.05) is 13.0 Å². The van der Waals surface area contributed by atoms with Crippen LogP contribution < -0.4 is 11.1 Å². The maximum Gasteiger partial charge on any atom is 0.389 e. The monoisotopic (exact) mass is 297 g/mol. The molecule has 108 valence electrons. The number of esters is 1. The van der Waals surface area contributed by atoms with Gasteiger partial charge in [-0.3, -0.25) is 0 Å². The van der Waals surface area contributed by atoms with Gasteiger partial charge in [-0.15, -0.1) is 0 Å². The Morgan fingerprint density at radius 1 is 1.47 bits per heavy atom. The van der Waals surface area contributed by atoms with E-state index in [2.05, 4.69) is 14.4 Å². The summed E-state index contributed by atoms with van der Waals surface area (Å²) in [6.07, 6.45) is -4.59. The van der Waals surface area contributed by atoms with Crippen molar-refractivity contribution < 1.29 is 22.7 Å². The summed E-state index contributed by atoms with van der Waals surface area (Å²) in [6.45, 7) is 0.307. The molecule has 0 aliphatic heterocycles. The van der Waals surface area contributed by atoms with Crippen molar-refractivity contribution in [3.8, 4) is 0 Å². The molecule has 1 aromatic rings. The molecule has 0 saturated carbocycles. The highest BCUT2D eigenvalue weighted by atomic mass is 32.1. The number of carbonyl (C=O) groups excluding carboxylic acids is 1. The van der Waals surface area contributed by atoms with Crippen molar-refractivity contribution in [2.45, 2.75) is 25.4 Å². The van der Waals surface area contributed by atoms with Gasteiger partial charge in [-0.2, -0.15) is 17.5 Å². The number of ether oxygens (including phenoxy) is 1. The summed E-state index contributed by atoms with van der Waals surface area (Å²) >= 11 is 0.974. The van der Waals surface area contributed by atoms with E-state index in [1.54, 1.807) is 0 Å². The maximum absolute atomic E-state index is 11.9. The normalized spacial score (nSPS) is 11.4. The van der Waals surface area contributed by atoms with Crippen molar-refractivity contribution in [1.82, 2.24) is 4.37 Å². The molecule has 0 radical (unpaired) electrons. The van der Waals surface area contributed by atoms with E-state index in [0.29, 0.717) is 18.0 Å². The molecule has 1 rings (SSSR count). The molecule has 0 aromatic carbocycles. The first-order valence-corrected chi connectivity index (χ1v) is 6.26. The maximum atomic E-state index is 11.9. The Hall–Kier alpha value is -1.51. The van der Waals surface area contributed by atoms with E-state index < -0.39 is 18.6 Å². The van der Waals surface area contributed by atoms with Crippen LogP contribution in [0, 0.1) is 0 Å². The minimum absolute atomic E-state index is 0.0261. The summed E-state index contributed by atoms with van der Waals surface area (Å²) in [6, 6.07) is 0. The number of aromatic nitrogens is 1. The smallest absolute Gasteiger partial charge is 0.389 e. The Bertz CT molecular complexity index is 434. The number of methoxy groups -OCH3 is 1. The number of halogens is 3. The second-order valence-electron chi connectivity index (χ2n) is 3.76. The largest absolute Gasteiger partial charge is 0.465 e. The van der Waals surface area contributed by atoms with E-state index in [4.69, 9.17) is 5.73 Å². The van der Waals surface area contributed by atoms with Crippen molar-refractivity contribution in [3.05, 3.63) is 5.56 Å². The molecule has 0 fully saturated rings. The highest BCUT2D eigenvalue weighted by Crippen LogP contribution is 2.27. The van der Waals surface area contributed by atoms with Crippen molar-refractivity contribution in [3.63, 3.8) is 0 Å². The first-order chi connectivity index (χ1) is 8.85. The van der Waals surface area contributed by atoms with E-state index >= 15 is 0 Å². The van der Waals surface area contributed by atoms with Gasteiger partial charge >= 0.3 is 12.1 Å². The Morgan fingerprint density at radius 3 is 2.74 bits per heavy atom. The van der Waals surface area contributed by atoms with Crippen molar-refractivity contribution in [2.24, 2.45) is 0 Å². The lowest BCUT2D eigenvalue weighted by atomic mass is 10.2. The molecule has 1 heterocycles. The van der Waals surface area contributed by atoms with Gasteiger partial charge in [-0.25, -0.2) is 4.79 Å². The number of rotatable bonds is 6. The van der Waals surface area contributed by atoms with Gasteiger partial charge in [0.05, 0.1) is 7.11 Å². The van der Waals surface area contributed by atoms with E-state index in [1.807, 2.05) is 0 Å². The molecular formula is C10H14F3N3O2S. The van der Waals surface area contributed by atoms with Gasteiger partial charge in [-0.05, 0) is 24.4 Å². The van der Waals surface area contributed by atoms with E-state index in [0.717, 1.165) is 11.5 Å². The van der Waals surface area contributed by atoms with Crippen LogP contribution in [0.3, 0.4) is 0 Å². The first-order valence-electron chi connectivity index (χ1n) is 5.49. The number of anilines is 2. The summed E-state index contributed by atoms with van der Waals surface area (Å²) in [5.74, 6) is -0.571. The fraction of sp³-hybridized carbons (Fsp3) is 0.600. The minimum Gasteiger partial charge on any atom is -0.465 e. The number of hydrogen-bond acceptors (Lipinski definition) is 6. The summed E-state index contributed by atoms with van der Waals surface area (Å²) in [7, 11) is 1.21. The third-order valence-corrected chi connectivity index (χ3v) is 3.10. The highest BCUT2D eigenvalue weighted by molar-refractivity contribution is 7.11. The molecule has 0 saturated heterocycles. The van der Waals surface area contributed by atoms with Crippen molar-refractivity contribution in [1.29, 1.82) is 0 Å². The van der Waals surface area contributed by atoms with Crippen LogP contribution in [0.1, 0.15) is 29.6 Å².